The highest BCUT2D eigenvalue weighted by Crippen LogP contribution is 2.31. The second-order valence-electron chi connectivity index (χ2n) is 5.36. The maximum absolute atomic E-state index is 12.6. The summed E-state index contributed by atoms with van der Waals surface area (Å²) in [5, 5.41) is 7.30. The molecule has 8 heteroatoms. The number of carbonyl (C=O) groups is 1. The van der Waals surface area contributed by atoms with E-state index in [0.29, 0.717) is 24.3 Å². The predicted octanol–water partition coefficient (Wildman–Crippen LogP) is 2.71. The highest BCUT2D eigenvalue weighted by molar-refractivity contribution is 5.93. The number of amides is 1. The van der Waals surface area contributed by atoms with Crippen LogP contribution >= 0.6 is 0 Å². The van der Waals surface area contributed by atoms with E-state index in [4.69, 9.17) is 4.74 Å². The average Bonchev–Trinajstić information content (AvgIpc) is 2.61. The summed E-state index contributed by atoms with van der Waals surface area (Å²) in [5.41, 5.74) is 0.310. The van der Waals surface area contributed by atoms with E-state index < -0.39 is 17.8 Å². The molecule has 0 radical (unpaired) electrons. The van der Waals surface area contributed by atoms with Gasteiger partial charge >= 0.3 is 6.18 Å². The van der Waals surface area contributed by atoms with Crippen molar-refractivity contribution in [3.8, 4) is 0 Å². The number of morpholine rings is 1. The monoisotopic (exact) mass is 337 g/mol. The molecule has 5 nitrogen and oxygen atoms in total. The van der Waals surface area contributed by atoms with Crippen LogP contribution in [0.3, 0.4) is 0 Å². The Morgan fingerprint density at radius 2 is 1.92 bits per heavy atom. The Hall–Kier alpha value is -2.48. The maximum Gasteiger partial charge on any atom is 0.416 e. The lowest BCUT2D eigenvalue weighted by Crippen LogP contribution is -2.42. The van der Waals surface area contributed by atoms with Gasteiger partial charge in [0.1, 0.15) is 6.10 Å². The Morgan fingerprint density at radius 3 is 2.54 bits per heavy atom. The van der Waals surface area contributed by atoms with E-state index >= 15 is 0 Å². The summed E-state index contributed by atoms with van der Waals surface area (Å²) in [7, 11) is 0. The quantitative estimate of drug-likeness (QED) is 0.845. The van der Waals surface area contributed by atoms with Gasteiger partial charge in [-0.05, 0) is 23.8 Å². The first-order valence-corrected chi connectivity index (χ1v) is 7.30. The standard InChI is InChI=1S/C16H14F3N3O2/c17-16(18,19)13-3-1-11(2-4-13)14-10-22(7-8-24-14)15(23)12-5-6-20-21-9-12/h1-6,9,14H,7-8,10H2. The third-order valence-corrected chi connectivity index (χ3v) is 3.79. The number of rotatable bonds is 2. The summed E-state index contributed by atoms with van der Waals surface area (Å²) < 4.78 is 43.5. The van der Waals surface area contributed by atoms with Gasteiger partial charge in [-0.3, -0.25) is 4.79 Å². The molecule has 0 spiro atoms. The van der Waals surface area contributed by atoms with Crippen molar-refractivity contribution in [3.63, 3.8) is 0 Å². The lowest BCUT2D eigenvalue weighted by Gasteiger charge is -2.33. The fourth-order valence-corrected chi connectivity index (χ4v) is 2.52. The van der Waals surface area contributed by atoms with E-state index in [1.54, 1.807) is 11.0 Å². The summed E-state index contributed by atoms with van der Waals surface area (Å²) >= 11 is 0. The highest BCUT2D eigenvalue weighted by atomic mass is 19.4. The molecular weight excluding hydrogens is 323 g/mol. The molecule has 3 rings (SSSR count). The van der Waals surface area contributed by atoms with Crippen LogP contribution in [0.4, 0.5) is 13.2 Å². The molecular formula is C16H14F3N3O2. The van der Waals surface area contributed by atoms with Gasteiger partial charge in [-0.1, -0.05) is 12.1 Å². The highest BCUT2D eigenvalue weighted by Gasteiger charge is 2.31. The summed E-state index contributed by atoms with van der Waals surface area (Å²) in [6, 6.07) is 6.38. The number of hydrogen-bond acceptors (Lipinski definition) is 4. The third kappa shape index (κ3) is 3.53. The number of hydrogen-bond donors (Lipinski definition) is 0. The minimum Gasteiger partial charge on any atom is -0.370 e. The second kappa shape index (κ2) is 6.56. The first kappa shape index (κ1) is 16.4. The van der Waals surface area contributed by atoms with Crippen LogP contribution in [-0.4, -0.2) is 40.7 Å². The van der Waals surface area contributed by atoms with Crippen LogP contribution in [0.1, 0.15) is 27.6 Å². The van der Waals surface area contributed by atoms with Crippen molar-refractivity contribution >= 4 is 5.91 Å². The molecule has 0 aliphatic carbocycles. The van der Waals surface area contributed by atoms with Crippen LogP contribution < -0.4 is 0 Å². The van der Waals surface area contributed by atoms with Gasteiger partial charge in [-0.2, -0.15) is 23.4 Å². The molecule has 1 amide bonds. The number of ether oxygens (including phenoxy) is 1. The normalized spacial score (nSPS) is 18.5. The Labute approximate surface area is 136 Å². The number of halogens is 3. The molecule has 1 aliphatic heterocycles. The number of benzene rings is 1. The van der Waals surface area contributed by atoms with E-state index in [-0.39, 0.29) is 12.5 Å². The van der Waals surface area contributed by atoms with E-state index in [1.165, 1.54) is 24.5 Å². The van der Waals surface area contributed by atoms with E-state index in [1.807, 2.05) is 0 Å². The first-order valence-electron chi connectivity index (χ1n) is 7.30. The van der Waals surface area contributed by atoms with E-state index in [2.05, 4.69) is 10.2 Å². The van der Waals surface area contributed by atoms with Gasteiger partial charge < -0.3 is 9.64 Å². The van der Waals surface area contributed by atoms with Crippen LogP contribution in [-0.2, 0) is 10.9 Å². The molecule has 2 heterocycles. The molecule has 1 atom stereocenters. The maximum atomic E-state index is 12.6. The minimum absolute atomic E-state index is 0.204. The molecule has 1 fully saturated rings. The summed E-state index contributed by atoms with van der Waals surface area (Å²) in [6.45, 7) is 1.00. The van der Waals surface area contributed by atoms with E-state index in [9.17, 15) is 18.0 Å². The predicted molar refractivity (Wildman–Crippen MR) is 78.1 cm³/mol. The number of alkyl halides is 3. The van der Waals surface area contributed by atoms with Gasteiger partial charge in [0.2, 0.25) is 0 Å². The number of nitrogens with zero attached hydrogens (tertiary/aromatic N) is 3. The SMILES string of the molecule is O=C(c1ccnnc1)N1CCOC(c2ccc(C(F)(F)F)cc2)C1. The second-order valence-corrected chi connectivity index (χ2v) is 5.36. The van der Waals surface area contributed by atoms with Gasteiger partial charge in [0, 0.05) is 6.54 Å². The van der Waals surface area contributed by atoms with Gasteiger partial charge in [-0.25, -0.2) is 0 Å². The van der Waals surface area contributed by atoms with Crippen molar-refractivity contribution in [3.05, 3.63) is 59.4 Å². The van der Waals surface area contributed by atoms with Crippen molar-refractivity contribution in [1.82, 2.24) is 15.1 Å². The Kier molecular flexibility index (Phi) is 4.48. The fourth-order valence-electron chi connectivity index (χ4n) is 2.52. The van der Waals surface area contributed by atoms with Crippen molar-refractivity contribution in [2.45, 2.75) is 12.3 Å². The van der Waals surface area contributed by atoms with Crippen LogP contribution in [0.15, 0.2) is 42.7 Å². The fraction of sp³-hybridized carbons (Fsp3) is 0.312. The van der Waals surface area contributed by atoms with Crippen molar-refractivity contribution in [1.29, 1.82) is 0 Å². The number of carbonyl (C=O) groups excluding carboxylic acids is 1. The molecule has 1 unspecified atom stereocenters. The van der Waals surface area contributed by atoms with Gasteiger partial charge in [-0.15, -0.1) is 0 Å². The van der Waals surface area contributed by atoms with Crippen LogP contribution in [0.25, 0.3) is 0 Å². The van der Waals surface area contributed by atoms with Gasteiger partial charge in [0.25, 0.3) is 5.91 Å². The molecule has 0 saturated carbocycles. The summed E-state index contributed by atoms with van der Waals surface area (Å²) in [6.07, 6.45) is -2.02. The first-order chi connectivity index (χ1) is 11.4. The smallest absolute Gasteiger partial charge is 0.370 e. The summed E-state index contributed by atoms with van der Waals surface area (Å²) in [4.78, 5) is 14.0. The molecule has 0 bridgehead atoms. The van der Waals surface area contributed by atoms with Crippen molar-refractivity contribution < 1.29 is 22.7 Å². The lowest BCUT2D eigenvalue weighted by atomic mass is 10.0. The van der Waals surface area contributed by atoms with Crippen LogP contribution in [0.2, 0.25) is 0 Å². The average molecular weight is 337 g/mol. The zero-order chi connectivity index (χ0) is 17.2. The molecule has 126 valence electrons. The third-order valence-electron chi connectivity index (χ3n) is 3.79. The van der Waals surface area contributed by atoms with Crippen LogP contribution in [0.5, 0.6) is 0 Å². The molecule has 1 aromatic heterocycles. The van der Waals surface area contributed by atoms with E-state index in [0.717, 1.165) is 12.1 Å². The molecule has 24 heavy (non-hydrogen) atoms. The molecule has 1 aliphatic rings. The van der Waals surface area contributed by atoms with Gasteiger partial charge in [0.05, 0.1) is 36.7 Å². The van der Waals surface area contributed by atoms with Crippen molar-refractivity contribution in [2.75, 3.05) is 19.7 Å². The topological polar surface area (TPSA) is 55.3 Å². The van der Waals surface area contributed by atoms with Gasteiger partial charge in [0.15, 0.2) is 0 Å². The largest absolute Gasteiger partial charge is 0.416 e. The zero-order valence-corrected chi connectivity index (χ0v) is 12.5. The lowest BCUT2D eigenvalue weighted by molar-refractivity contribution is -0.137. The molecule has 0 N–H and O–H groups in total. The van der Waals surface area contributed by atoms with Crippen molar-refractivity contribution in [2.24, 2.45) is 0 Å². The van der Waals surface area contributed by atoms with Crippen LogP contribution in [0, 0.1) is 0 Å². The Balaban J connectivity index is 1.73. The Bertz CT molecular complexity index is 705. The Morgan fingerprint density at radius 1 is 1.17 bits per heavy atom. The zero-order valence-electron chi connectivity index (χ0n) is 12.5. The molecule has 2 aromatic rings. The molecule has 1 saturated heterocycles. The summed E-state index contributed by atoms with van der Waals surface area (Å²) in [5.74, 6) is -0.204. The number of aromatic nitrogens is 2. The molecule has 1 aromatic carbocycles. The minimum atomic E-state index is -4.37.